The molecule has 0 saturated heterocycles. The molecule has 0 radical (unpaired) electrons. The van der Waals surface area contributed by atoms with E-state index in [1.54, 1.807) is 7.11 Å². The molecular formula is C18H22O2. The van der Waals surface area contributed by atoms with E-state index < -0.39 is 0 Å². The third kappa shape index (κ3) is 3.02. The quantitative estimate of drug-likeness (QED) is 0.901. The molecule has 0 amide bonds. The van der Waals surface area contributed by atoms with Gasteiger partial charge in [-0.25, -0.2) is 0 Å². The first-order chi connectivity index (χ1) is 9.59. The van der Waals surface area contributed by atoms with Crippen molar-refractivity contribution in [1.29, 1.82) is 0 Å². The maximum atomic E-state index is 9.89. The Balaban J connectivity index is 2.34. The molecular weight excluding hydrogens is 248 g/mol. The van der Waals surface area contributed by atoms with E-state index >= 15 is 0 Å². The van der Waals surface area contributed by atoms with E-state index in [1.165, 1.54) is 5.56 Å². The molecule has 20 heavy (non-hydrogen) atoms. The Morgan fingerprint density at radius 2 is 1.70 bits per heavy atom. The molecule has 0 spiro atoms. The standard InChI is InChI=1S/C18H22O2/c1-14-8-10-16(11-9-14)18(2,13-19)12-15-6-4-5-7-17(15)20-3/h4-11,19H,12-13H2,1-3H3. The molecule has 1 N–H and O–H groups in total. The van der Waals surface area contributed by atoms with Gasteiger partial charge in [-0.3, -0.25) is 0 Å². The summed E-state index contributed by atoms with van der Waals surface area (Å²) < 4.78 is 5.41. The van der Waals surface area contributed by atoms with Gasteiger partial charge < -0.3 is 9.84 Å². The first-order valence-corrected chi connectivity index (χ1v) is 6.89. The van der Waals surface area contributed by atoms with Gasteiger partial charge in [0.1, 0.15) is 5.75 Å². The first kappa shape index (κ1) is 14.6. The number of rotatable bonds is 5. The van der Waals surface area contributed by atoms with Crippen LogP contribution in [0.3, 0.4) is 0 Å². The van der Waals surface area contributed by atoms with Crippen LogP contribution in [0.25, 0.3) is 0 Å². The highest BCUT2D eigenvalue weighted by atomic mass is 16.5. The maximum Gasteiger partial charge on any atom is 0.122 e. The van der Waals surface area contributed by atoms with Crippen LogP contribution in [0.5, 0.6) is 5.75 Å². The predicted molar refractivity (Wildman–Crippen MR) is 82.3 cm³/mol. The van der Waals surface area contributed by atoms with Crippen LogP contribution in [0.4, 0.5) is 0 Å². The molecule has 0 fully saturated rings. The number of aryl methyl sites for hydroxylation is 1. The molecule has 1 atom stereocenters. The van der Waals surface area contributed by atoms with Gasteiger partial charge in [0, 0.05) is 5.41 Å². The van der Waals surface area contributed by atoms with Gasteiger partial charge in [-0.05, 0) is 30.5 Å². The monoisotopic (exact) mass is 270 g/mol. The van der Waals surface area contributed by atoms with Gasteiger partial charge in [-0.15, -0.1) is 0 Å². The highest BCUT2D eigenvalue weighted by Crippen LogP contribution is 2.31. The normalized spacial score (nSPS) is 13.8. The van der Waals surface area contributed by atoms with E-state index in [2.05, 4.69) is 44.2 Å². The lowest BCUT2D eigenvalue weighted by Gasteiger charge is -2.29. The smallest absolute Gasteiger partial charge is 0.122 e. The molecule has 0 bridgehead atoms. The average Bonchev–Trinajstić information content (AvgIpc) is 2.48. The van der Waals surface area contributed by atoms with Crippen molar-refractivity contribution in [2.24, 2.45) is 0 Å². The molecule has 0 aliphatic rings. The molecule has 0 aromatic heterocycles. The Kier molecular flexibility index (Phi) is 4.46. The molecule has 0 aliphatic carbocycles. The summed E-state index contributed by atoms with van der Waals surface area (Å²) in [7, 11) is 1.68. The second-order valence-corrected chi connectivity index (χ2v) is 5.57. The van der Waals surface area contributed by atoms with Gasteiger partial charge in [-0.1, -0.05) is 55.0 Å². The number of methoxy groups -OCH3 is 1. The zero-order valence-electron chi connectivity index (χ0n) is 12.4. The Hall–Kier alpha value is -1.80. The lowest BCUT2D eigenvalue weighted by molar-refractivity contribution is 0.203. The summed E-state index contributed by atoms with van der Waals surface area (Å²) in [6.45, 7) is 4.26. The van der Waals surface area contributed by atoms with Crippen molar-refractivity contribution in [3.05, 3.63) is 65.2 Å². The number of aliphatic hydroxyl groups excluding tert-OH is 1. The summed E-state index contributed by atoms with van der Waals surface area (Å²) in [5, 5.41) is 9.89. The van der Waals surface area contributed by atoms with Crippen LogP contribution in [0.15, 0.2) is 48.5 Å². The van der Waals surface area contributed by atoms with Gasteiger partial charge in [0.05, 0.1) is 13.7 Å². The maximum absolute atomic E-state index is 9.89. The minimum atomic E-state index is -0.303. The number of aliphatic hydroxyl groups is 1. The fourth-order valence-electron chi connectivity index (χ4n) is 2.47. The highest BCUT2D eigenvalue weighted by molar-refractivity contribution is 5.38. The average molecular weight is 270 g/mol. The van der Waals surface area contributed by atoms with Crippen LogP contribution in [-0.2, 0) is 11.8 Å². The summed E-state index contributed by atoms with van der Waals surface area (Å²) in [6.07, 6.45) is 0.747. The van der Waals surface area contributed by atoms with Crippen LogP contribution in [0.2, 0.25) is 0 Å². The van der Waals surface area contributed by atoms with Gasteiger partial charge in [0.2, 0.25) is 0 Å². The number of ether oxygens (including phenoxy) is 1. The molecule has 2 aromatic rings. The third-order valence-corrected chi connectivity index (χ3v) is 3.87. The van der Waals surface area contributed by atoms with Gasteiger partial charge in [0.25, 0.3) is 0 Å². The number of hydrogen-bond acceptors (Lipinski definition) is 2. The van der Waals surface area contributed by atoms with Crippen molar-refractivity contribution in [3.8, 4) is 5.75 Å². The van der Waals surface area contributed by atoms with E-state index in [9.17, 15) is 5.11 Å². The second-order valence-electron chi connectivity index (χ2n) is 5.57. The van der Waals surface area contributed by atoms with Gasteiger partial charge in [0.15, 0.2) is 0 Å². The van der Waals surface area contributed by atoms with E-state index in [0.29, 0.717) is 0 Å². The summed E-state index contributed by atoms with van der Waals surface area (Å²) in [6, 6.07) is 16.4. The van der Waals surface area contributed by atoms with Crippen LogP contribution >= 0.6 is 0 Å². The van der Waals surface area contributed by atoms with Crippen LogP contribution in [-0.4, -0.2) is 18.8 Å². The summed E-state index contributed by atoms with van der Waals surface area (Å²) in [5.74, 6) is 0.874. The molecule has 2 nitrogen and oxygen atoms in total. The number of hydrogen-bond donors (Lipinski definition) is 1. The fourth-order valence-corrected chi connectivity index (χ4v) is 2.47. The van der Waals surface area contributed by atoms with Crippen LogP contribution in [0.1, 0.15) is 23.6 Å². The third-order valence-electron chi connectivity index (χ3n) is 3.87. The molecule has 2 heteroatoms. The van der Waals surface area contributed by atoms with Crippen LogP contribution in [0, 0.1) is 6.92 Å². The summed E-state index contributed by atoms with van der Waals surface area (Å²) in [5.41, 5.74) is 3.19. The molecule has 0 heterocycles. The summed E-state index contributed by atoms with van der Waals surface area (Å²) in [4.78, 5) is 0. The van der Waals surface area contributed by atoms with Crippen molar-refractivity contribution < 1.29 is 9.84 Å². The topological polar surface area (TPSA) is 29.5 Å². The molecule has 0 aliphatic heterocycles. The largest absolute Gasteiger partial charge is 0.496 e. The molecule has 106 valence electrons. The Labute approximate surface area is 121 Å². The lowest BCUT2D eigenvalue weighted by atomic mass is 9.77. The minimum absolute atomic E-state index is 0.105. The molecule has 1 unspecified atom stereocenters. The zero-order chi connectivity index (χ0) is 14.6. The molecule has 2 aromatic carbocycles. The number of para-hydroxylation sites is 1. The fraction of sp³-hybridized carbons (Fsp3) is 0.333. The van der Waals surface area contributed by atoms with E-state index in [0.717, 1.165) is 23.3 Å². The van der Waals surface area contributed by atoms with Crippen molar-refractivity contribution in [1.82, 2.24) is 0 Å². The van der Waals surface area contributed by atoms with E-state index in [1.807, 2.05) is 18.2 Å². The van der Waals surface area contributed by atoms with Crippen molar-refractivity contribution in [3.63, 3.8) is 0 Å². The van der Waals surface area contributed by atoms with Crippen molar-refractivity contribution in [2.45, 2.75) is 25.7 Å². The minimum Gasteiger partial charge on any atom is -0.496 e. The lowest BCUT2D eigenvalue weighted by Crippen LogP contribution is -2.29. The Morgan fingerprint density at radius 3 is 2.30 bits per heavy atom. The number of benzene rings is 2. The van der Waals surface area contributed by atoms with E-state index in [-0.39, 0.29) is 12.0 Å². The second kappa shape index (κ2) is 6.10. The first-order valence-electron chi connectivity index (χ1n) is 6.89. The van der Waals surface area contributed by atoms with Gasteiger partial charge in [-0.2, -0.15) is 0 Å². The Bertz CT molecular complexity index is 560. The highest BCUT2D eigenvalue weighted by Gasteiger charge is 2.27. The SMILES string of the molecule is COc1ccccc1CC(C)(CO)c1ccc(C)cc1. The Morgan fingerprint density at radius 1 is 1.05 bits per heavy atom. The molecule has 0 saturated carbocycles. The predicted octanol–water partition coefficient (Wildman–Crippen LogP) is 3.50. The summed E-state index contributed by atoms with van der Waals surface area (Å²) >= 11 is 0. The zero-order valence-corrected chi connectivity index (χ0v) is 12.4. The molecule has 2 rings (SSSR count). The van der Waals surface area contributed by atoms with Crippen LogP contribution < -0.4 is 4.74 Å². The van der Waals surface area contributed by atoms with E-state index in [4.69, 9.17) is 4.74 Å². The van der Waals surface area contributed by atoms with Crippen molar-refractivity contribution in [2.75, 3.05) is 13.7 Å². The van der Waals surface area contributed by atoms with Gasteiger partial charge >= 0.3 is 0 Å². The van der Waals surface area contributed by atoms with Crippen molar-refractivity contribution >= 4 is 0 Å².